The number of carbonyl (C=O) groups excluding carboxylic acids is 1. The van der Waals surface area contributed by atoms with E-state index in [2.05, 4.69) is 26.6 Å². The Morgan fingerprint density at radius 2 is 1.77 bits per heavy atom. The topological polar surface area (TPSA) is 116 Å². The molecule has 4 N–H and O–H groups in total. The minimum Gasteiger partial charge on any atom is -0.378 e. The van der Waals surface area contributed by atoms with E-state index in [1.54, 1.807) is 36.5 Å². The third-order valence-corrected chi connectivity index (χ3v) is 5.03. The number of benzene rings is 2. The highest BCUT2D eigenvalue weighted by Gasteiger charge is 2.14. The third-order valence-electron chi connectivity index (χ3n) is 5.03. The average molecular weight is 414 g/mol. The molecule has 0 bridgehead atoms. The van der Waals surface area contributed by atoms with E-state index < -0.39 is 5.91 Å². The summed E-state index contributed by atoms with van der Waals surface area (Å²) in [5, 5.41) is 16.1. The Morgan fingerprint density at radius 3 is 2.48 bits per heavy atom. The van der Waals surface area contributed by atoms with Gasteiger partial charge >= 0.3 is 0 Å². The molecule has 1 fully saturated rings. The van der Waals surface area contributed by atoms with Gasteiger partial charge in [-0.1, -0.05) is 12.1 Å². The van der Waals surface area contributed by atoms with Crippen LogP contribution in [0.1, 0.15) is 15.9 Å². The smallest absolute Gasteiger partial charge is 0.250 e. The van der Waals surface area contributed by atoms with Gasteiger partial charge in [-0.15, -0.1) is 0 Å². The quantitative estimate of drug-likeness (QED) is 0.566. The van der Waals surface area contributed by atoms with Crippen LogP contribution in [0.2, 0.25) is 0 Å². The van der Waals surface area contributed by atoms with E-state index in [9.17, 15) is 10.1 Å². The molecule has 156 valence electrons. The summed E-state index contributed by atoms with van der Waals surface area (Å²) < 4.78 is 5.40. The summed E-state index contributed by atoms with van der Waals surface area (Å²) in [6.07, 6.45) is 1.60. The second kappa shape index (κ2) is 9.15. The number of nitriles is 1. The summed E-state index contributed by atoms with van der Waals surface area (Å²) in [7, 11) is 0. The number of hydrogen-bond acceptors (Lipinski definition) is 7. The second-order valence-electron chi connectivity index (χ2n) is 7.00. The van der Waals surface area contributed by atoms with Crippen molar-refractivity contribution in [3.8, 4) is 6.07 Å². The van der Waals surface area contributed by atoms with Gasteiger partial charge in [0.25, 0.3) is 5.91 Å². The van der Waals surface area contributed by atoms with Gasteiger partial charge in [0.2, 0.25) is 0 Å². The molecule has 8 nitrogen and oxygen atoms in total. The van der Waals surface area contributed by atoms with Crippen LogP contribution < -0.4 is 21.3 Å². The lowest BCUT2D eigenvalue weighted by Gasteiger charge is -2.28. The largest absolute Gasteiger partial charge is 0.378 e. The Balaban J connectivity index is 1.56. The zero-order valence-corrected chi connectivity index (χ0v) is 16.8. The SMILES string of the molecule is N#Cc1c(Nc2ccccc2C(N)=O)ccnc1Nc1ccc(N2CCOCC2)cc1. The highest BCUT2D eigenvalue weighted by molar-refractivity contribution is 5.99. The van der Waals surface area contributed by atoms with Gasteiger partial charge in [-0.2, -0.15) is 5.26 Å². The van der Waals surface area contributed by atoms with Crippen molar-refractivity contribution in [3.63, 3.8) is 0 Å². The van der Waals surface area contributed by atoms with E-state index in [1.165, 1.54) is 0 Å². The number of nitrogens with two attached hydrogens (primary N) is 1. The van der Waals surface area contributed by atoms with Crippen molar-refractivity contribution in [1.29, 1.82) is 5.26 Å². The Morgan fingerprint density at radius 1 is 1.03 bits per heavy atom. The molecule has 1 aliphatic heterocycles. The Hall–Kier alpha value is -4.09. The van der Waals surface area contributed by atoms with E-state index in [-0.39, 0.29) is 0 Å². The minimum absolute atomic E-state index is 0.332. The first-order valence-corrected chi connectivity index (χ1v) is 9.90. The Bertz CT molecular complexity index is 1120. The summed E-state index contributed by atoms with van der Waals surface area (Å²) in [6, 6.07) is 18.7. The zero-order valence-electron chi connectivity index (χ0n) is 16.8. The van der Waals surface area contributed by atoms with Gasteiger partial charge in [-0.05, 0) is 42.5 Å². The van der Waals surface area contributed by atoms with Crippen molar-refractivity contribution in [2.45, 2.75) is 0 Å². The molecule has 3 aromatic rings. The fraction of sp³-hybridized carbons (Fsp3) is 0.174. The molecule has 2 aromatic carbocycles. The maximum absolute atomic E-state index is 11.7. The summed E-state index contributed by atoms with van der Waals surface area (Å²) >= 11 is 0. The van der Waals surface area contributed by atoms with Gasteiger partial charge in [0, 0.05) is 30.7 Å². The summed E-state index contributed by atoms with van der Waals surface area (Å²) in [5.74, 6) is -0.127. The number of primary amides is 1. The van der Waals surface area contributed by atoms with Crippen molar-refractivity contribution in [2.75, 3.05) is 41.8 Å². The first-order valence-electron chi connectivity index (χ1n) is 9.90. The Labute approximate surface area is 180 Å². The van der Waals surface area contributed by atoms with Gasteiger partial charge in [0.1, 0.15) is 17.5 Å². The van der Waals surface area contributed by atoms with Crippen LogP contribution in [0, 0.1) is 11.3 Å². The van der Waals surface area contributed by atoms with Crippen molar-refractivity contribution < 1.29 is 9.53 Å². The number of pyridine rings is 1. The predicted octanol–water partition coefficient (Wildman–Crippen LogP) is 3.38. The minimum atomic E-state index is -0.547. The van der Waals surface area contributed by atoms with Crippen LogP contribution in [-0.2, 0) is 4.74 Å². The van der Waals surface area contributed by atoms with Gasteiger partial charge in [-0.3, -0.25) is 4.79 Å². The third kappa shape index (κ3) is 4.57. The number of nitrogens with one attached hydrogen (secondary N) is 2. The number of anilines is 5. The molecule has 31 heavy (non-hydrogen) atoms. The lowest BCUT2D eigenvalue weighted by atomic mass is 10.1. The van der Waals surface area contributed by atoms with Crippen LogP contribution in [0.4, 0.5) is 28.6 Å². The maximum Gasteiger partial charge on any atom is 0.250 e. The van der Waals surface area contributed by atoms with Gasteiger partial charge < -0.3 is 26.0 Å². The zero-order chi connectivity index (χ0) is 21.6. The predicted molar refractivity (Wildman–Crippen MR) is 120 cm³/mol. The molecule has 8 heteroatoms. The molecule has 0 aliphatic carbocycles. The molecule has 0 saturated carbocycles. The summed E-state index contributed by atoms with van der Waals surface area (Å²) in [5.41, 5.74) is 9.13. The number of aromatic nitrogens is 1. The molecular formula is C23H22N6O2. The molecule has 1 aromatic heterocycles. The molecule has 1 saturated heterocycles. The van der Waals surface area contributed by atoms with E-state index >= 15 is 0 Å². The number of carbonyl (C=O) groups is 1. The molecule has 0 unspecified atom stereocenters. The number of ether oxygens (including phenoxy) is 1. The van der Waals surface area contributed by atoms with Crippen LogP contribution >= 0.6 is 0 Å². The normalized spacial score (nSPS) is 13.3. The number of nitrogens with zero attached hydrogens (tertiary/aromatic N) is 3. The number of morpholine rings is 1. The van der Waals surface area contributed by atoms with Crippen LogP contribution in [0.3, 0.4) is 0 Å². The van der Waals surface area contributed by atoms with Crippen LogP contribution in [0.15, 0.2) is 60.8 Å². The van der Waals surface area contributed by atoms with Crippen LogP contribution in [-0.4, -0.2) is 37.2 Å². The number of hydrogen-bond donors (Lipinski definition) is 3. The second-order valence-corrected chi connectivity index (χ2v) is 7.00. The molecule has 4 rings (SSSR count). The highest BCUT2D eigenvalue weighted by atomic mass is 16.5. The van der Waals surface area contributed by atoms with Crippen molar-refractivity contribution in [2.24, 2.45) is 5.73 Å². The molecule has 2 heterocycles. The standard InChI is InChI=1S/C23H22N6O2/c24-15-19-21(28-20-4-2-1-3-18(20)22(25)30)9-10-26-23(19)27-16-5-7-17(8-6-16)29-11-13-31-14-12-29/h1-10H,11-14H2,(H2,25,30)(H2,26,27,28). The van der Waals surface area contributed by atoms with Crippen molar-refractivity contribution in [3.05, 3.63) is 71.9 Å². The lowest BCUT2D eigenvalue weighted by molar-refractivity contribution is 0.100. The lowest BCUT2D eigenvalue weighted by Crippen LogP contribution is -2.36. The molecule has 0 spiro atoms. The number of rotatable bonds is 6. The van der Waals surface area contributed by atoms with Crippen LogP contribution in [0.25, 0.3) is 0 Å². The first-order chi connectivity index (χ1) is 15.2. The van der Waals surface area contributed by atoms with E-state index in [0.29, 0.717) is 28.3 Å². The number of amides is 1. The molecule has 0 atom stereocenters. The van der Waals surface area contributed by atoms with Crippen molar-refractivity contribution >= 4 is 34.5 Å². The molecule has 1 aliphatic rings. The van der Waals surface area contributed by atoms with E-state index in [0.717, 1.165) is 37.7 Å². The van der Waals surface area contributed by atoms with Gasteiger partial charge in [0.05, 0.1) is 30.2 Å². The summed E-state index contributed by atoms with van der Waals surface area (Å²) in [4.78, 5) is 18.3. The maximum atomic E-state index is 11.7. The Kier molecular flexibility index (Phi) is 5.96. The summed E-state index contributed by atoms with van der Waals surface area (Å²) in [6.45, 7) is 3.20. The van der Waals surface area contributed by atoms with Gasteiger partial charge in [-0.25, -0.2) is 4.98 Å². The fourth-order valence-corrected chi connectivity index (χ4v) is 3.44. The fourth-order valence-electron chi connectivity index (χ4n) is 3.44. The van der Waals surface area contributed by atoms with Crippen molar-refractivity contribution in [1.82, 2.24) is 4.98 Å². The molecule has 1 amide bonds. The molecular weight excluding hydrogens is 392 g/mol. The average Bonchev–Trinajstić information content (AvgIpc) is 2.81. The van der Waals surface area contributed by atoms with E-state index in [4.69, 9.17) is 10.5 Å². The monoisotopic (exact) mass is 414 g/mol. The first kappa shape index (κ1) is 20.2. The van der Waals surface area contributed by atoms with E-state index in [1.807, 2.05) is 24.3 Å². The van der Waals surface area contributed by atoms with Crippen LogP contribution in [0.5, 0.6) is 0 Å². The highest BCUT2D eigenvalue weighted by Crippen LogP contribution is 2.29. The number of para-hydroxylation sites is 1. The van der Waals surface area contributed by atoms with Gasteiger partial charge in [0.15, 0.2) is 0 Å². The molecule has 0 radical (unpaired) electrons.